The molecular weight excluding hydrogens is 526 g/mol. The van der Waals surface area contributed by atoms with Crippen molar-refractivity contribution in [3.8, 4) is 17.3 Å². The Labute approximate surface area is 218 Å². The van der Waals surface area contributed by atoms with Crippen molar-refractivity contribution in [1.82, 2.24) is 15.0 Å². The molecule has 0 fully saturated rings. The number of halogens is 1. The first kappa shape index (κ1) is 25.1. The minimum atomic E-state index is 0.387. The molecule has 0 atom stereocenters. The van der Waals surface area contributed by atoms with E-state index < -0.39 is 0 Å². The summed E-state index contributed by atoms with van der Waals surface area (Å²) < 4.78 is 8.40. The van der Waals surface area contributed by atoms with E-state index >= 15 is 0 Å². The van der Waals surface area contributed by atoms with Gasteiger partial charge in [0, 0.05) is 22.8 Å². The van der Waals surface area contributed by atoms with Crippen LogP contribution in [0.2, 0.25) is 0 Å². The fourth-order valence-corrected chi connectivity index (χ4v) is 6.48. The van der Waals surface area contributed by atoms with E-state index in [0.29, 0.717) is 29.5 Å². The minimum absolute atomic E-state index is 0.387. The van der Waals surface area contributed by atoms with Gasteiger partial charge in [-0.25, -0.2) is 4.98 Å². The highest BCUT2D eigenvalue weighted by Gasteiger charge is 2.22. The summed E-state index contributed by atoms with van der Waals surface area (Å²) in [5, 5.41) is 0. The highest BCUT2D eigenvalue weighted by molar-refractivity contribution is 9.10. The van der Waals surface area contributed by atoms with Crippen LogP contribution in [0.5, 0.6) is 5.88 Å². The van der Waals surface area contributed by atoms with Crippen LogP contribution in [0.3, 0.4) is 0 Å². The average Bonchev–Trinajstić information content (AvgIpc) is 3.10. The molecule has 0 spiro atoms. The van der Waals surface area contributed by atoms with E-state index in [1.165, 1.54) is 33.6 Å². The second-order valence-corrected chi connectivity index (χ2v) is 12.2. The number of fused-ring (bicyclic) bond motifs is 1. The highest BCUT2D eigenvalue weighted by Crippen LogP contribution is 2.43. The van der Waals surface area contributed by atoms with Gasteiger partial charge in [-0.05, 0) is 69.4 Å². The Bertz CT molecular complexity index is 1290. The molecule has 3 heterocycles. The summed E-state index contributed by atoms with van der Waals surface area (Å²) in [4.78, 5) is 16.2. The molecule has 0 N–H and O–H groups in total. The van der Waals surface area contributed by atoms with Crippen LogP contribution < -0.4 is 4.18 Å². The standard InChI is InChI=1S/C27H30BrN3OS2/c1-14(2)19-12-20(15(3)4)24(21(13-19)16(5)6)34-32-27-25-23(22(28)17(7)33-25)30-26(31-27)18-8-10-29-11-9-18/h8-16H,1-7H3. The summed E-state index contributed by atoms with van der Waals surface area (Å²) in [5.41, 5.74) is 5.81. The number of aromatic nitrogens is 3. The molecule has 0 bridgehead atoms. The predicted octanol–water partition coefficient (Wildman–Crippen LogP) is 9.28. The largest absolute Gasteiger partial charge is 0.399 e. The van der Waals surface area contributed by atoms with E-state index in [4.69, 9.17) is 14.2 Å². The SMILES string of the molecule is Cc1sc2c(OSc3c(C(C)C)cc(C(C)C)cc3C(C)C)nc(-c3ccncc3)nc2c1Br. The lowest BCUT2D eigenvalue weighted by atomic mass is 9.89. The van der Waals surface area contributed by atoms with Gasteiger partial charge in [-0.1, -0.05) is 53.7 Å². The van der Waals surface area contributed by atoms with Crippen LogP contribution in [0.25, 0.3) is 21.6 Å². The number of hydrogen-bond donors (Lipinski definition) is 0. The van der Waals surface area contributed by atoms with Crippen LogP contribution in [0.4, 0.5) is 0 Å². The summed E-state index contributed by atoms with van der Waals surface area (Å²) in [5.74, 6) is 2.48. The van der Waals surface area contributed by atoms with Crippen molar-refractivity contribution in [2.24, 2.45) is 0 Å². The lowest BCUT2D eigenvalue weighted by Gasteiger charge is -2.21. The molecule has 178 valence electrons. The van der Waals surface area contributed by atoms with Crippen LogP contribution in [-0.4, -0.2) is 15.0 Å². The van der Waals surface area contributed by atoms with Crippen molar-refractivity contribution >= 4 is 49.5 Å². The Hall–Kier alpha value is -1.96. The van der Waals surface area contributed by atoms with Crippen LogP contribution in [0.1, 0.15) is 80.9 Å². The van der Waals surface area contributed by atoms with E-state index in [1.807, 2.05) is 12.1 Å². The zero-order chi connectivity index (χ0) is 24.6. The van der Waals surface area contributed by atoms with Crippen molar-refractivity contribution in [2.45, 2.75) is 71.1 Å². The van der Waals surface area contributed by atoms with E-state index in [9.17, 15) is 0 Å². The molecule has 0 aliphatic carbocycles. The summed E-state index contributed by atoms with van der Waals surface area (Å²) in [6, 6.07) is 8.53. The normalized spacial score (nSPS) is 11.9. The van der Waals surface area contributed by atoms with E-state index in [2.05, 4.69) is 81.5 Å². The van der Waals surface area contributed by atoms with Gasteiger partial charge in [0.2, 0.25) is 5.88 Å². The molecule has 0 aliphatic rings. The lowest BCUT2D eigenvalue weighted by Crippen LogP contribution is -2.04. The lowest BCUT2D eigenvalue weighted by molar-refractivity contribution is 0.621. The number of thiophene rings is 1. The average molecular weight is 557 g/mol. The van der Waals surface area contributed by atoms with Crippen LogP contribution in [0, 0.1) is 6.92 Å². The molecule has 4 rings (SSSR count). The molecule has 4 nitrogen and oxygen atoms in total. The highest BCUT2D eigenvalue weighted by atomic mass is 79.9. The maximum absolute atomic E-state index is 6.46. The number of benzene rings is 1. The molecule has 4 aromatic rings. The monoisotopic (exact) mass is 555 g/mol. The van der Waals surface area contributed by atoms with Crippen LogP contribution >= 0.6 is 39.3 Å². The molecule has 1 aromatic carbocycles. The van der Waals surface area contributed by atoms with Crippen LogP contribution in [-0.2, 0) is 0 Å². The quantitative estimate of drug-likeness (QED) is 0.212. The van der Waals surface area contributed by atoms with Gasteiger partial charge in [-0.3, -0.25) is 4.98 Å². The molecule has 3 aromatic heterocycles. The first-order chi connectivity index (χ1) is 16.2. The van der Waals surface area contributed by atoms with Gasteiger partial charge < -0.3 is 4.18 Å². The molecular formula is C27H30BrN3OS2. The second kappa shape index (κ2) is 10.3. The van der Waals surface area contributed by atoms with Gasteiger partial charge in [0.05, 0.1) is 21.4 Å². The summed E-state index contributed by atoms with van der Waals surface area (Å²) in [6.45, 7) is 15.6. The Balaban J connectivity index is 1.82. The van der Waals surface area contributed by atoms with Gasteiger partial charge in [-0.15, -0.1) is 11.3 Å². The summed E-state index contributed by atoms with van der Waals surface area (Å²) in [7, 11) is 0. The zero-order valence-electron chi connectivity index (χ0n) is 20.6. The number of rotatable bonds is 7. The number of hydrogen-bond acceptors (Lipinski definition) is 6. The van der Waals surface area contributed by atoms with E-state index in [0.717, 1.165) is 25.1 Å². The first-order valence-corrected chi connectivity index (χ1v) is 13.9. The first-order valence-electron chi connectivity index (χ1n) is 11.6. The van der Waals surface area contributed by atoms with Crippen molar-refractivity contribution in [3.05, 3.63) is 62.7 Å². The second-order valence-electron chi connectivity index (χ2n) is 9.40. The number of nitrogens with zero attached hydrogens (tertiary/aromatic N) is 3. The summed E-state index contributed by atoms with van der Waals surface area (Å²) >= 11 is 6.79. The third-order valence-corrected chi connectivity index (χ3v) is 9.02. The fraction of sp³-hybridized carbons (Fsp3) is 0.370. The van der Waals surface area contributed by atoms with Gasteiger partial charge in [0.15, 0.2) is 5.82 Å². The van der Waals surface area contributed by atoms with Crippen LogP contribution in [0.15, 0.2) is 46.0 Å². The maximum Gasteiger partial charge on any atom is 0.250 e. The molecule has 0 saturated carbocycles. The Kier molecular flexibility index (Phi) is 7.65. The minimum Gasteiger partial charge on any atom is -0.399 e. The van der Waals surface area contributed by atoms with E-state index in [-0.39, 0.29) is 0 Å². The van der Waals surface area contributed by atoms with Gasteiger partial charge >= 0.3 is 0 Å². The predicted molar refractivity (Wildman–Crippen MR) is 148 cm³/mol. The molecule has 0 amide bonds. The Morgan fingerprint density at radius 2 is 1.53 bits per heavy atom. The smallest absolute Gasteiger partial charge is 0.250 e. The summed E-state index contributed by atoms with van der Waals surface area (Å²) in [6.07, 6.45) is 3.51. The Morgan fingerprint density at radius 3 is 2.09 bits per heavy atom. The maximum atomic E-state index is 6.46. The third-order valence-electron chi connectivity index (χ3n) is 5.83. The van der Waals surface area contributed by atoms with Crippen molar-refractivity contribution in [3.63, 3.8) is 0 Å². The number of pyridine rings is 1. The molecule has 0 aliphatic heterocycles. The van der Waals surface area contributed by atoms with E-state index in [1.54, 1.807) is 23.7 Å². The van der Waals surface area contributed by atoms with Gasteiger partial charge in [0.25, 0.3) is 0 Å². The van der Waals surface area contributed by atoms with Gasteiger partial charge in [0.1, 0.15) is 10.2 Å². The molecule has 0 unspecified atom stereocenters. The molecule has 34 heavy (non-hydrogen) atoms. The fourth-order valence-electron chi connectivity index (χ4n) is 3.79. The molecule has 7 heteroatoms. The van der Waals surface area contributed by atoms with Crippen molar-refractivity contribution < 1.29 is 4.18 Å². The number of aryl methyl sites for hydroxylation is 1. The molecule has 0 saturated heterocycles. The Morgan fingerprint density at radius 1 is 0.912 bits per heavy atom. The zero-order valence-corrected chi connectivity index (χ0v) is 23.9. The van der Waals surface area contributed by atoms with Gasteiger partial charge in [-0.2, -0.15) is 4.98 Å². The molecule has 0 radical (unpaired) electrons. The van der Waals surface area contributed by atoms with Crippen molar-refractivity contribution in [2.75, 3.05) is 0 Å². The van der Waals surface area contributed by atoms with Crippen molar-refractivity contribution in [1.29, 1.82) is 0 Å². The third kappa shape index (κ3) is 5.02. The topological polar surface area (TPSA) is 47.9 Å².